The molecule has 6 heteroatoms. The third kappa shape index (κ3) is 3.16. The fourth-order valence-electron chi connectivity index (χ4n) is 2.81. The standard InChI is InChI=1S/C17H18ClN3O2/c1-17(13-5-3-2-4-6-13)11-21(7-8-23-17)16-14(18)9-12(10-20-16)15(19)22/h2-6,9-10H,7-8,11H2,1H3,(H2,19,22). The van der Waals surface area contributed by atoms with Crippen molar-refractivity contribution in [2.45, 2.75) is 12.5 Å². The van der Waals surface area contributed by atoms with Crippen LogP contribution >= 0.6 is 11.6 Å². The molecule has 120 valence electrons. The number of aromatic nitrogens is 1. The molecule has 2 N–H and O–H groups in total. The number of hydrogen-bond acceptors (Lipinski definition) is 4. The van der Waals surface area contributed by atoms with Gasteiger partial charge in [0.1, 0.15) is 11.4 Å². The summed E-state index contributed by atoms with van der Waals surface area (Å²) in [4.78, 5) is 17.6. The van der Waals surface area contributed by atoms with Gasteiger partial charge in [-0.25, -0.2) is 4.98 Å². The van der Waals surface area contributed by atoms with Crippen LogP contribution in [0.4, 0.5) is 5.82 Å². The smallest absolute Gasteiger partial charge is 0.250 e. The first-order valence-corrected chi connectivity index (χ1v) is 7.77. The van der Waals surface area contributed by atoms with Crippen LogP contribution < -0.4 is 10.6 Å². The summed E-state index contributed by atoms with van der Waals surface area (Å²) in [5, 5.41) is 0.415. The maximum Gasteiger partial charge on any atom is 0.250 e. The number of pyridine rings is 1. The van der Waals surface area contributed by atoms with Gasteiger partial charge in [0, 0.05) is 12.7 Å². The fourth-order valence-corrected chi connectivity index (χ4v) is 3.10. The van der Waals surface area contributed by atoms with Gasteiger partial charge in [0.15, 0.2) is 0 Å². The number of morpholine rings is 1. The average molecular weight is 332 g/mol. The molecule has 1 fully saturated rings. The van der Waals surface area contributed by atoms with E-state index in [9.17, 15) is 4.79 Å². The number of nitrogens with zero attached hydrogens (tertiary/aromatic N) is 2. The average Bonchev–Trinajstić information content (AvgIpc) is 2.55. The largest absolute Gasteiger partial charge is 0.367 e. The van der Waals surface area contributed by atoms with Crippen LogP contribution in [0, 0.1) is 0 Å². The Labute approximate surface area is 140 Å². The quantitative estimate of drug-likeness (QED) is 0.938. The van der Waals surface area contributed by atoms with Gasteiger partial charge in [-0.3, -0.25) is 4.79 Å². The molecule has 0 saturated carbocycles. The third-order valence-electron chi connectivity index (χ3n) is 4.06. The van der Waals surface area contributed by atoms with Gasteiger partial charge in [-0.1, -0.05) is 41.9 Å². The van der Waals surface area contributed by atoms with E-state index in [2.05, 4.69) is 28.9 Å². The van der Waals surface area contributed by atoms with Gasteiger partial charge in [-0.15, -0.1) is 0 Å². The Morgan fingerprint density at radius 1 is 1.39 bits per heavy atom. The second-order valence-corrected chi connectivity index (χ2v) is 6.17. The molecule has 1 aromatic heterocycles. The number of rotatable bonds is 3. The predicted octanol–water partition coefficient (Wildman–Crippen LogP) is 2.59. The van der Waals surface area contributed by atoms with E-state index < -0.39 is 11.5 Å². The molecule has 23 heavy (non-hydrogen) atoms. The van der Waals surface area contributed by atoms with Crippen molar-refractivity contribution in [2.24, 2.45) is 5.73 Å². The molecule has 1 saturated heterocycles. The van der Waals surface area contributed by atoms with Gasteiger partial charge in [0.25, 0.3) is 0 Å². The van der Waals surface area contributed by atoms with Crippen molar-refractivity contribution in [1.29, 1.82) is 0 Å². The lowest BCUT2D eigenvalue weighted by Crippen LogP contribution is -2.48. The first-order chi connectivity index (χ1) is 11.0. The summed E-state index contributed by atoms with van der Waals surface area (Å²) < 4.78 is 6.02. The summed E-state index contributed by atoms with van der Waals surface area (Å²) in [7, 11) is 0. The van der Waals surface area contributed by atoms with Gasteiger partial charge >= 0.3 is 0 Å². The number of hydrogen-bond donors (Lipinski definition) is 1. The maximum atomic E-state index is 11.2. The van der Waals surface area contributed by atoms with Crippen molar-refractivity contribution in [3.63, 3.8) is 0 Å². The Bertz CT molecular complexity index is 723. The van der Waals surface area contributed by atoms with Crippen molar-refractivity contribution < 1.29 is 9.53 Å². The molecule has 1 amide bonds. The van der Waals surface area contributed by atoms with Crippen molar-refractivity contribution in [2.75, 3.05) is 24.6 Å². The third-order valence-corrected chi connectivity index (χ3v) is 4.34. The molecule has 1 aromatic carbocycles. The molecule has 2 heterocycles. The minimum atomic E-state index is -0.540. The summed E-state index contributed by atoms with van der Waals surface area (Å²) in [6.07, 6.45) is 1.46. The molecule has 5 nitrogen and oxygen atoms in total. The Morgan fingerprint density at radius 3 is 2.78 bits per heavy atom. The number of primary amides is 1. The van der Waals surface area contributed by atoms with Gasteiger partial charge in [-0.2, -0.15) is 0 Å². The first kappa shape index (κ1) is 15.8. The summed E-state index contributed by atoms with van der Waals surface area (Å²) in [5.74, 6) is 0.101. The highest BCUT2D eigenvalue weighted by molar-refractivity contribution is 6.33. The molecule has 1 aliphatic heterocycles. The van der Waals surface area contributed by atoms with Crippen LogP contribution in [0.25, 0.3) is 0 Å². The zero-order valence-corrected chi connectivity index (χ0v) is 13.6. The Hall–Kier alpha value is -2.11. The van der Waals surface area contributed by atoms with Crippen LogP contribution in [0.15, 0.2) is 42.6 Å². The second kappa shape index (κ2) is 6.18. The lowest BCUT2D eigenvalue weighted by Gasteiger charge is -2.41. The Kier molecular flexibility index (Phi) is 4.24. The van der Waals surface area contributed by atoms with Crippen LogP contribution in [0.1, 0.15) is 22.8 Å². The molecular formula is C17H18ClN3O2. The van der Waals surface area contributed by atoms with E-state index in [1.165, 1.54) is 6.20 Å². The van der Waals surface area contributed by atoms with E-state index in [-0.39, 0.29) is 0 Å². The van der Waals surface area contributed by atoms with Gasteiger partial charge in [-0.05, 0) is 18.6 Å². The molecule has 0 aliphatic carbocycles. The minimum absolute atomic E-state index is 0.304. The summed E-state index contributed by atoms with van der Waals surface area (Å²) in [5.41, 5.74) is 6.23. The molecule has 2 aromatic rings. The van der Waals surface area contributed by atoms with E-state index >= 15 is 0 Å². The Balaban J connectivity index is 1.88. The topological polar surface area (TPSA) is 68.5 Å². The monoisotopic (exact) mass is 331 g/mol. The number of ether oxygens (including phenoxy) is 1. The summed E-state index contributed by atoms with van der Waals surface area (Å²) in [6.45, 7) is 3.94. The van der Waals surface area contributed by atoms with E-state index in [4.69, 9.17) is 22.1 Å². The van der Waals surface area contributed by atoms with Gasteiger partial charge in [0.05, 0.1) is 23.7 Å². The Morgan fingerprint density at radius 2 is 2.13 bits per heavy atom. The van der Waals surface area contributed by atoms with Crippen molar-refractivity contribution >= 4 is 23.3 Å². The number of carbonyl (C=O) groups excluding carboxylic acids is 1. The molecule has 1 unspecified atom stereocenters. The zero-order valence-electron chi connectivity index (χ0n) is 12.8. The normalized spacial score (nSPS) is 21.2. The molecule has 1 aliphatic rings. The minimum Gasteiger partial charge on any atom is -0.367 e. The van der Waals surface area contributed by atoms with E-state index in [1.54, 1.807) is 6.07 Å². The van der Waals surface area contributed by atoms with Crippen LogP contribution in [0.5, 0.6) is 0 Å². The number of amides is 1. The van der Waals surface area contributed by atoms with Crippen molar-refractivity contribution in [3.8, 4) is 0 Å². The van der Waals surface area contributed by atoms with Crippen LogP contribution in [0.3, 0.4) is 0 Å². The molecule has 3 rings (SSSR count). The highest BCUT2D eigenvalue weighted by atomic mass is 35.5. The lowest BCUT2D eigenvalue weighted by molar-refractivity contribution is -0.0467. The number of anilines is 1. The molecule has 0 spiro atoms. The zero-order chi connectivity index (χ0) is 16.4. The molecular weight excluding hydrogens is 314 g/mol. The van der Waals surface area contributed by atoms with Gasteiger partial charge < -0.3 is 15.4 Å². The number of nitrogens with two attached hydrogens (primary N) is 1. The van der Waals surface area contributed by atoms with Gasteiger partial charge in [0.2, 0.25) is 5.91 Å². The fraction of sp³-hybridized carbons (Fsp3) is 0.294. The summed E-state index contributed by atoms with van der Waals surface area (Å²) in [6, 6.07) is 11.6. The van der Waals surface area contributed by atoms with Crippen LogP contribution in [-0.2, 0) is 10.3 Å². The van der Waals surface area contributed by atoms with Crippen LogP contribution in [0.2, 0.25) is 5.02 Å². The number of carbonyl (C=O) groups is 1. The predicted molar refractivity (Wildman–Crippen MR) is 89.7 cm³/mol. The van der Waals surface area contributed by atoms with E-state index in [0.29, 0.717) is 36.1 Å². The maximum absolute atomic E-state index is 11.2. The highest BCUT2D eigenvalue weighted by Crippen LogP contribution is 2.33. The first-order valence-electron chi connectivity index (χ1n) is 7.39. The van der Waals surface area contributed by atoms with Crippen molar-refractivity contribution in [1.82, 2.24) is 4.98 Å². The SMILES string of the molecule is CC1(c2ccccc2)CN(c2ncc(C(N)=O)cc2Cl)CCO1. The number of benzene rings is 1. The lowest BCUT2D eigenvalue weighted by atomic mass is 9.94. The highest BCUT2D eigenvalue weighted by Gasteiger charge is 2.35. The molecule has 0 radical (unpaired) electrons. The second-order valence-electron chi connectivity index (χ2n) is 5.76. The summed E-state index contributed by atoms with van der Waals surface area (Å²) >= 11 is 6.29. The number of halogens is 1. The van der Waals surface area contributed by atoms with Crippen molar-refractivity contribution in [3.05, 3.63) is 58.7 Å². The van der Waals surface area contributed by atoms with E-state index in [0.717, 1.165) is 5.56 Å². The molecule has 1 atom stereocenters. The molecule has 0 bridgehead atoms. The van der Waals surface area contributed by atoms with Crippen LogP contribution in [-0.4, -0.2) is 30.6 Å². The van der Waals surface area contributed by atoms with E-state index in [1.807, 2.05) is 18.2 Å².